The van der Waals surface area contributed by atoms with E-state index < -0.39 is 11.2 Å². The standard InChI is InChI=1S/C26H25N3O3S2/c1-32-18-12-8-11-17(15-18)29-25(31)21-19-13-6-3-7-14-20(19)33-24(21)28-26(29)34-22(23(27)30)16-9-4-2-5-10-16/h2,4-5,8-12,15,22H,3,6-7,13-14H2,1H3,(H2,27,30). The van der Waals surface area contributed by atoms with Crippen LogP contribution in [0, 0.1) is 0 Å². The lowest BCUT2D eigenvalue weighted by molar-refractivity contribution is -0.117. The maximum atomic E-state index is 14.0. The van der Waals surface area contributed by atoms with Crippen molar-refractivity contribution in [3.05, 3.63) is 81.0 Å². The highest BCUT2D eigenvalue weighted by atomic mass is 32.2. The van der Waals surface area contributed by atoms with E-state index in [2.05, 4.69) is 0 Å². The highest BCUT2D eigenvalue weighted by Crippen LogP contribution is 2.38. The summed E-state index contributed by atoms with van der Waals surface area (Å²) in [6, 6.07) is 16.7. The molecule has 2 aromatic heterocycles. The predicted octanol–water partition coefficient (Wildman–Crippen LogP) is 5.04. The van der Waals surface area contributed by atoms with Crippen LogP contribution in [0.25, 0.3) is 15.9 Å². The van der Waals surface area contributed by atoms with Gasteiger partial charge in [-0.25, -0.2) is 4.98 Å². The van der Waals surface area contributed by atoms with Gasteiger partial charge >= 0.3 is 0 Å². The van der Waals surface area contributed by atoms with Gasteiger partial charge in [0, 0.05) is 10.9 Å². The molecule has 2 aromatic carbocycles. The van der Waals surface area contributed by atoms with Crippen LogP contribution in [-0.4, -0.2) is 22.6 Å². The third-order valence-electron chi connectivity index (χ3n) is 6.10. The van der Waals surface area contributed by atoms with Crippen LogP contribution in [-0.2, 0) is 17.6 Å². The zero-order valence-corrected chi connectivity index (χ0v) is 20.5. The van der Waals surface area contributed by atoms with E-state index in [-0.39, 0.29) is 5.56 Å². The van der Waals surface area contributed by atoms with Crippen molar-refractivity contribution in [1.29, 1.82) is 0 Å². The number of amides is 1. The first-order chi connectivity index (χ1) is 16.6. The first-order valence-electron chi connectivity index (χ1n) is 11.3. The van der Waals surface area contributed by atoms with Crippen molar-refractivity contribution in [1.82, 2.24) is 9.55 Å². The molecule has 0 fully saturated rings. The minimum Gasteiger partial charge on any atom is -0.497 e. The van der Waals surface area contributed by atoms with E-state index in [1.54, 1.807) is 23.0 Å². The van der Waals surface area contributed by atoms with Gasteiger partial charge in [0.1, 0.15) is 15.8 Å². The lowest BCUT2D eigenvalue weighted by Crippen LogP contribution is -2.24. The summed E-state index contributed by atoms with van der Waals surface area (Å²) < 4.78 is 7.01. The fourth-order valence-corrected chi connectivity index (χ4v) is 6.81. The molecule has 0 spiro atoms. The Morgan fingerprint density at radius 3 is 2.68 bits per heavy atom. The number of methoxy groups -OCH3 is 1. The van der Waals surface area contributed by atoms with Gasteiger partial charge in [-0.05, 0) is 48.9 Å². The van der Waals surface area contributed by atoms with Gasteiger partial charge in [0.2, 0.25) is 5.91 Å². The van der Waals surface area contributed by atoms with Gasteiger partial charge < -0.3 is 10.5 Å². The predicted molar refractivity (Wildman–Crippen MR) is 137 cm³/mol. The van der Waals surface area contributed by atoms with E-state index in [1.165, 1.54) is 23.1 Å². The Labute approximate surface area is 205 Å². The van der Waals surface area contributed by atoms with Crippen molar-refractivity contribution >= 4 is 39.2 Å². The van der Waals surface area contributed by atoms with Crippen LogP contribution >= 0.6 is 23.1 Å². The molecule has 5 rings (SSSR count). The number of thioether (sulfide) groups is 1. The molecule has 2 heterocycles. The maximum Gasteiger partial charge on any atom is 0.267 e. The van der Waals surface area contributed by atoms with E-state index in [0.29, 0.717) is 22.0 Å². The Hall–Kier alpha value is -3.10. The number of thiophene rings is 1. The molecule has 1 amide bonds. The molecule has 0 saturated heterocycles. The summed E-state index contributed by atoms with van der Waals surface area (Å²) in [4.78, 5) is 33.4. The Balaban J connectivity index is 1.74. The smallest absolute Gasteiger partial charge is 0.267 e. The zero-order valence-electron chi connectivity index (χ0n) is 18.8. The van der Waals surface area contributed by atoms with Crippen LogP contribution in [0.5, 0.6) is 5.75 Å². The highest BCUT2D eigenvalue weighted by molar-refractivity contribution is 8.00. The van der Waals surface area contributed by atoms with Crippen LogP contribution in [0.3, 0.4) is 0 Å². The van der Waals surface area contributed by atoms with E-state index >= 15 is 0 Å². The molecule has 1 atom stereocenters. The molecule has 0 saturated carbocycles. The largest absolute Gasteiger partial charge is 0.497 e. The van der Waals surface area contributed by atoms with Gasteiger partial charge in [0.15, 0.2) is 5.16 Å². The number of hydrogen-bond acceptors (Lipinski definition) is 6. The number of carbonyl (C=O) groups excluding carboxylic acids is 1. The van der Waals surface area contributed by atoms with Crippen LogP contribution in [0.1, 0.15) is 40.5 Å². The number of nitrogens with two attached hydrogens (primary N) is 1. The van der Waals surface area contributed by atoms with Crippen molar-refractivity contribution in [2.45, 2.75) is 42.5 Å². The lowest BCUT2D eigenvalue weighted by atomic mass is 10.1. The first kappa shape index (κ1) is 22.7. The molecule has 1 aliphatic rings. The quantitative estimate of drug-likeness (QED) is 0.232. The lowest BCUT2D eigenvalue weighted by Gasteiger charge is -2.17. The number of nitrogens with zero attached hydrogens (tertiary/aromatic N) is 2. The van der Waals surface area contributed by atoms with Crippen molar-refractivity contribution in [2.75, 3.05) is 7.11 Å². The fraction of sp³-hybridized carbons (Fsp3) is 0.269. The van der Waals surface area contributed by atoms with Gasteiger partial charge in [-0.3, -0.25) is 14.2 Å². The number of benzene rings is 2. The minimum atomic E-state index is -0.680. The van der Waals surface area contributed by atoms with E-state index in [4.69, 9.17) is 15.5 Å². The van der Waals surface area contributed by atoms with E-state index in [1.807, 2.05) is 54.6 Å². The number of primary amides is 1. The SMILES string of the molecule is COc1cccc(-n2c(SC(C(N)=O)c3ccccc3)nc3sc4c(c3c2=O)CCCCC4)c1. The van der Waals surface area contributed by atoms with E-state index in [0.717, 1.165) is 41.6 Å². The van der Waals surface area contributed by atoms with Crippen molar-refractivity contribution < 1.29 is 9.53 Å². The minimum absolute atomic E-state index is 0.114. The summed E-state index contributed by atoms with van der Waals surface area (Å²) in [5, 5.41) is 0.458. The Kier molecular flexibility index (Phi) is 6.43. The van der Waals surface area contributed by atoms with Gasteiger partial charge in [-0.2, -0.15) is 0 Å². The summed E-state index contributed by atoms with van der Waals surface area (Å²) in [5.41, 5.74) is 8.24. The van der Waals surface area contributed by atoms with Crippen LogP contribution in [0.15, 0.2) is 64.5 Å². The second kappa shape index (κ2) is 9.64. The van der Waals surface area contributed by atoms with Crippen LogP contribution < -0.4 is 16.0 Å². The number of carbonyl (C=O) groups is 1. The van der Waals surface area contributed by atoms with Crippen molar-refractivity contribution in [2.24, 2.45) is 5.73 Å². The van der Waals surface area contributed by atoms with Gasteiger partial charge in [0.05, 0.1) is 18.2 Å². The monoisotopic (exact) mass is 491 g/mol. The number of aryl methyl sites for hydroxylation is 2. The molecule has 1 unspecified atom stereocenters. The maximum absolute atomic E-state index is 14.0. The summed E-state index contributed by atoms with van der Waals surface area (Å²) in [7, 11) is 1.59. The Morgan fingerprint density at radius 2 is 1.91 bits per heavy atom. The molecule has 174 valence electrons. The molecule has 1 aliphatic carbocycles. The molecular formula is C26H25N3O3S2. The molecule has 4 aromatic rings. The number of fused-ring (bicyclic) bond motifs is 3. The number of aromatic nitrogens is 2. The Morgan fingerprint density at radius 1 is 1.12 bits per heavy atom. The summed E-state index contributed by atoms with van der Waals surface area (Å²) in [6.07, 6.45) is 5.25. The second-order valence-electron chi connectivity index (χ2n) is 8.29. The third kappa shape index (κ3) is 4.23. The molecule has 0 radical (unpaired) electrons. The highest BCUT2D eigenvalue weighted by Gasteiger charge is 2.26. The van der Waals surface area contributed by atoms with Crippen LogP contribution in [0.4, 0.5) is 0 Å². The summed E-state index contributed by atoms with van der Waals surface area (Å²) in [5.74, 6) is 0.156. The molecule has 2 N–H and O–H groups in total. The normalized spacial score (nSPS) is 14.4. The van der Waals surface area contributed by atoms with Crippen LogP contribution in [0.2, 0.25) is 0 Å². The summed E-state index contributed by atoms with van der Waals surface area (Å²) >= 11 is 2.81. The first-order valence-corrected chi connectivity index (χ1v) is 13.0. The van der Waals surface area contributed by atoms with Gasteiger partial charge in [0.25, 0.3) is 5.56 Å². The number of hydrogen-bond donors (Lipinski definition) is 1. The fourth-order valence-electron chi connectivity index (χ4n) is 4.44. The molecule has 0 bridgehead atoms. The molecule has 8 heteroatoms. The number of rotatable bonds is 6. The van der Waals surface area contributed by atoms with Crippen molar-refractivity contribution in [3.63, 3.8) is 0 Å². The topological polar surface area (TPSA) is 87.2 Å². The average Bonchev–Trinajstić information content (AvgIpc) is 3.04. The zero-order chi connectivity index (χ0) is 23.7. The third-order valence-corrected chi connectivity index (χ3v) is 8.51. The second-order valence-corrected chi connectivity index (χ2v) is 10.4. The summed E-state index contributed by atoms with van der Waals surface area (Å²) in [6.45, 7) is 0. The van der Waals surface area contributed by atoms with Gasteiger partial charge in [-0.1, -0.05) is 54.6 Å². The molecule has 6 nitrogen and oxygen atoms in total. The van der Waals surface area contributed by atoms with Crippen molar-refractivity contribution in [3.8, 4) is 11.4 Å². The molecular weight excluding hydrogens is 466 g/mol. The molecule has 34 heavy (non-hydrogen) atoms. The Bertz CT molecular complexity index is 1410. The average molecular weight is 492 g/mol. The van der Waals surface area contributed by atoms with Gasteiger partial charge in [-0.15, -0.1) is 11.3 Å². The molecule has 0 aliphatic heterocycles. The van der Waals surface area contributed by atoms with E-state index in [9.17, 15) is 9.59 Å². The number of ether oxygens (including phenoxy) is 1.